The summed E-state index contributed by atoms with van der Waals surface area (Å²) in [6.07, 6.45) is 1.55. The highest BCUT2D eigenvalue weighted by atomic mass is 127. The second-order valence-corrected chi connectivity index (χ2v) is 8.69. The van der Waals surface area contributed by atoms with Crippen LogP contribution in [-0.2, 0) is 14.8 Å². The molecule has 0 spiro atoms. The van der Waals surface area contributed by atoms with Crippen molar-refractivity contribution < 1.29 is 18.3 Å². The van der Waals surface area contributed by atoms with E-state index in [0.717, 1.165) is 6.42 Å². The monoisotopic (exact) mass is 546 g/mol. The van der Waals surface area contributed by atoms with Crippen molar-refractivity contribution in [3.05, 3.63) is 29.3 Å². The van der Waals surface area contributed by atoms with Crippen LogP contribution in [0.4, 0.5) is 0 Å². The van der Waals surface area contributed by atoms with Crippen LogP contribution in [0, 0.1) is 5.41 Å². The summed E-state index contributed by atoms with van der Waals surface area (Å²) in [5.74, 6) is 0.571. The van der Waals surface area contributed by atoms with Crippen LogP contribution in [0.1, 0.15) is 12.8 Å². The number of rotatable bonds is 9. The van der Waals surface area contributed by atoms with Gasteiger partial charge < -0.3 is 20.5 Å². The quantitative estimate of drug-likeness (QED) is 0.160. The summed E-state index contributed by atoms with van der Waals surface area (Å²) in [4.78, 5) is 4.27. The van der Waals surface area contributed by atoms with Crippen molar-refractivity contribution in [3.8, 4) is 0 Å². The van der Waals surface area contributed by atoms with Crippen molar-refractivity contribution in [3.63, 3.8) is 0 Å². The molecule has 1 saturated heterocycles. The Morgan fingerprint density at radius 2 is 2.14 bits per heavy atom. The van der Waals surface area contributed by atoms with Crippen LogP contribution in [-0.4, -0.2) is 66.0 Å². The lowest BCUT2D eigenvalue weighted by atomic mass is 9.84. The number of halogens is 2. The van der Waals surface area contributed by atoms with Gasteiger partial charge in [0.05, 0.1) is 11.5 Å². The molecule has 0 aromatic heterocycles. The summed E-state index contributed by atoms with van der Waals surface area (Å²) in [5, 5.41) is 15.9. The van der Waals surface area contributed by atoms with E-state index < -0.39 is 10.0 Å². The highest BCUT2D eigenvalue weighted by Crippen LogP contribution is 2.31. The topological polar surface area (TPSA) is 112 Å². The maximum Gasteiger partial charge on any atom is 0.240 e. The maximum atomic E-state index is 12.2. The van der Waals surface area contributed by atoms with Gasteiger partial charge in [0.1, 0.15) is 0 Å². The predicted octanol–water partition coefficient (Wildman–Crippen LogP) is 1.19. The fourth-order valence-corrected chi connectivity index (χ4v) is 4.22. The fraction of sp³-hybridized carbons (Fsp3) is 0.588. The van der Waals surface area contributed by atoms with Gasteiger partial charge in [-0.05, 0) is 31.0 Å². The van der Waals surface area contributed by atoms with Crippen LogP contribution in [0.15, 0.2) is 34.2 Å². The van der Waals surface area contributed by atoms with Crippen molar-refractivity contribution in [1.29, 1.82) is 0 Å². The van der Waals surface area contributed by atoms with Crippen LogP contribution in [0.5, 0.6) is 0 Å². The fourth-order valence-electron chi connectivity index (χ4n) is 2.89. The molecule has 1 fully saturated rings. The predicted molar refractivity (Wildman–Crippen MR) is 121 cm³/mol. The molecule has 28 heavy (non-hydrogen) atoms. The van der Waals surface area contributed by atoms with E-state index in [2.05, 4.69) is 20.3 Å². The number of ether oxygens (including phenoxy) is 1. The molecule has 1 unspecified atom stereocenters. The minimum atomic E-state index is -3.61. The minimum Gasteiger partial charge on any atom is -0.396 e. The standard InChI is InChI=1S/C17H27ClN4O4S.HI/c1-19-16(21-12-17(5-9-23)6-10-26-13-17)20-7-8-22-27(24,25)15-4-2-3-14(18)11-15;/h2-4,11,22-23H,5-10,12-13H2,1H3,(H2,19,20,21);1H. The Hall–Kier alpha value is -0.660. The molecule has 4 N–H and O–H groups in total. The molecule has 1 aromatic carbocycles. The molecule has 0 aliphatic carbocycles. The molecular formula is C17H28ClIN4O4S. The molecule has 1 heterocycles. The first-order valence-electron chi connectivity index (χ1n) is 8.79. The molecule has 11 heteroatoms. The molecule has 1 atom stereocenters. The van der Waals surface area contributed by atoms with Gasteiger partial charge in [-0.3, -0.25) is 4.99 Å². The number of sulfonamides is 1. The highest BCUT2D eigenvalue weighted by molar-refractivity contribution is 14.0. The number of guanidine groups is 1. The normalized spacial score (nSPS) is 19.9. The van der Waals surface area contributed by atoms with Crippen molar-refractivity contribution in [1.82, 2.24) is 15.4 Å². The van der Waals surface area contributed by atoms with E-state index in [1.165, 1.54) is 12.1 Å². The number of aliphatic imine (C=N–C) groups is 1. The van der Waals surface area contributed by atoms with Gasteiger partial charge in [0.2, 0.25) is 10.0 Å². The van der Waals surface area contributed by atoms with E-state index in [9.17, 15) is 13.5 Å². The van der Waals surface area contributed by atoms with Crippen LogP contribution in [0.25, 0.3) is 0 Å². The number of benzene rings is 1. The number of aliphatic hydroxyl groups excluding tert-OH is 1. The Kier molecular flexibility index (Phi) is 11.0. The largest absolute Gasteiger partial charge is 0.396 e. The average molecular weight is 547 g/mol. The molecule has 1 aromatic rings. The first kappa shape index (κ1) is 25.4. The zero-order chi connectivity index (χ0) is 19.8. The molecule has 1 aliphatic heterocycles. The Balaban J connectivity index is 0.00000392. The van der Waals surface area contributed by atoms with Crippen LogP contribution in [0.2, 0.25) is 5.02 Å². The molecule has 8 nitrogen and oxygen atoms in total. The van der Waals surface area contributed by atoms with Gasteiger partial charge in [0, 0.05) is 50.3 Å². The third-order valence-corrected chi connectivity index (χ3v) is 6.19. The molecule has 0 bridgehead atoms. The summed E-state index contributed by atoms with van der Waals surface area (Å²) in [5.41, 5.74) is -0.0967. The van der Waals surface area contributed by atoms with Crippen molar-refractivity contribution in [2.24, 2.45) is 10.4 Å². The maximum absolute atomic E-state index is 12.2. The molecule has 0 amide bonds. The van der Waals surface area contributed by atoms with Gasteiger partial charge in [-0.2, -0.15) is 0 Å². The van der Waals surface area contributed by atoms with Gasteiger partial charge in [-0.15, -0.1) is 24.0 Å². The van der Waals surface area contributed by atoms with Crippen LogP contribution < -0.4 is 15.4 Å². The third kappa shape index (κ3) is 7.64. The number of hydrogen-bond donors (Lipinski definition) is 4. The third-order valence-electron chi connectivity index (χ3n) is 4.50. The van der Waals surface area contributed by atoms with E-state index in [4.69, 9.17) is 16.3 Å². The van der Waals surface area contributed by atoms with Crippen LogP contribution in [0.3, 0.4) is 0 Å². The lowest BCUT2D eigenvalue weighted by Gasteiger charge is -2.27. The molecule has 2 rings (SSSR count). The van der Waals surface area contributed by atoms with Gasteiger partial charge >= 0.3 is 0 Å². The minimum absolute atomic E-state index is 0. The first-order chi connectivity index (χ1) is 12.9. The van der Waals surface area contributed by atoms with Crippen molar-refractivity contribution >= 4 is 51.6 Å². The SMILES string of the molecule is CN=C(NCCNS(=O)(=O)c1cccc(Cl)c1)NCC1(CCO)CCOC1.I. The van der Waals surface area contributed by atoms with E-state index >= 15 is 0 Å². The zero-order valence-electron chi connectivity index (χ0n) is 15.8. The second-order valence-electron chi connectivity index (χ2n) is 6.48. The number of aliphatic hydroxyl groups is 1. The lowest BCUT2D eigenvalue weighted by Crippen LogP contribution is -2.46. The van der Waals surface area contributed by atoms with Crippen molar-refractivity contribution in [2.75, 3.05) is 46.5 Å². The molecule has 0 saturated carbocycles. The van der Waals surface area contributed by atoms with Gasteiger partial charge in [0.15, 0.2) is 5.96 Å². The molecule has 1 aliphatic rings. The molecule has 0 radical (unpaired) electrons. The zero-order valence-corrected chi connectivity index (χ0v) is 19.7. The Morgan fingerprint density at radius 3 is 2.75 bits per heavy atom. The van der Waals surface area contributed by atoms with Crippen molar-refractivity contribution in [2.45, 2.75) is 17.7 Å². The number of hydrogen-bond acceptors (Lipinski definition) is 5. The first-order valence-corrected chi connectivity index (χ1v) is 10.7. The summed E-state index contributed by atoms with van der Waals surface area (Å²) < 4.78 is 32.5. The van der Waals surface area contributed by atoms with E-state index in [1.807, 2.05) is 0 Å². The average Bonchev–Trinajstić information content (AvgIpc) is 3.10. The summed E-state index contributed by atoms with van der Waals surface area (Å²) in [6.45, 7) is 2.60. The molecule has 160 valence electrons. The number of nitrogens with zero attached hydrogens (tertiary/aromatic N) is 1. The van der Waals surface area contributed by atoms with E-state index in [1.54, 1.807) is 19.2 Å². The number of nitrogens with one attached hydrogen (secondary N) is 3. The Morgan fingerprint density at radius 1 is 1.36 bits per heavy atom. The summed E-state index contributed by atoms with van der Waals surface area (Å²) >= 11 is 5.84. The smallest absolute Gasteiger partial charge is 0.240 e. The summed E-state index contributed by atoms with van der Waals surface area (Å²) in [6, 6.07) is 6.11. The van der Waals surface area contributed by atoms with E-state index in [-0.39, 0.29) is 47.4 Å². The van der Waals surface area contributed by atoms with Gasteiger partial charge in [-0.25, -0.2) is 13.1 Å². The Labute approximate surface area is 188 Å². The second kappa shape index (κ2) is 12.1. The van der Waals surface area contributed by atoms with Crippen LogP contribution >= 0.6 is 35.6 Å². The van der Waals surface area contributed by atoms with E-state index in [0.29, 0.717) is 43.7 Å². The van der Waals surface area contributed by atoms with Gasteiger partial charge in [-0.1, -0.05) is 17.7 Å². The van der Waals surface area contributed by atoms with Gasteiger partial charge in [0.25, 0.3) is 0 Å². The Bertz CT molecular complexity index is 742. The molecular weight excluding hydrogens is 519 g/mol. The summed E-state index contributed by atoms with van der Waals surface area (Å²) in [7, 11) is -1.96. The lowest BCUT2D eigenvalue weighted by molar-refractivity contribution is 0.127. The highest BCUT2D eigenvalue weighted by Gasteiger charge is 2.34.